The van der Waals surface area contributed by atoms with Gasteiger partial charge in [-0.15, -0.1) is 0 Å². The van der Waals surface area contributed by atoms with Crippen LogP contribution in [-0.4, -0.2) is 38.3 Å². The molecule has 0 radical (unpaired) electrons. The molecule has 0 aliphatic carbocycles. The van der Waals surface area contributed by atoms with Gasteiger partial charge in [0.05, 0.1) is 13.7 Å². The van der Waals surface area contributed by atoms with E-state index in [4.69, 9.17) is 15.2 Å². The normalized spacial score (nSPS) is 14.7. The molecule has 4 rings (SSSR count). The summed E-state index contributed by atoms with van der Waals surface area (Å²) in [5.41, 5.74) is 9.70. The molecule has 0 aromatic heterocycles. The van der Waals surface area contributed by atoms with Crippen LogP contribution in [0.15, 0.2) is 72.8 Å². The van der Waals surface area contributed by atoms with Gasteiger partial charge in [-0.3, -0.25) is 0 Å². The Labute approximate surface area is 230 Å². The smallest absolute Gasteiger partial charge is 0.119 e. The maximum absolute atomic E-state index is 5.96. The van der Waals surface area contributed by atoms with E-state index >= 15 is 0 Å². The first-order valence-corrected chi connectivity index (χ1v) is 14.2. The summed E-state index contributed by atoms with van der Waals surface area (Å²) < 4.78 is 11.0. The molecule has 1 aliphatic heterocycles. The molecule has 1 atom stereocenters. The predicted molar refractivity (Wildman–Crippen MR) is 162 cm³/mol. The lowest BCUT2D eigenvalue weighted by atomic mass is 9.95. The fourth-order valence-corrected chi connectivity index (χ4v) is 4.79. The molecule has 1 unspecified atom stereocenters. The summed E-state index contributed by atoms with van der Waals surface area (Å²) in [6, 6.07) is 23.8. The zero-order valence-electron chi connectivity index (χ0n) is 23.8. The third-order valence-electron chi connectivity index (χ3n) is 7.29. The molecule has 3 aromatic carbocycles. The van der Waals surface area contributed by atoms with Crippen LogP contribution >= 0.6 is 0 Å². The molecule has 1 saturated heterocycles. The van der Waals surface area contributed by atoms with Crippen molar-refractivity contribution in [1.82, 2.24) is 4.90 Å². The Bertz CT molecular complexity index is 1030. The second kappa shape index (κ2) is 15.9. The number of rotatable bonds is 11. The highest BCUT2D eigenvalue weighted by molar-refractivity contribution is 5.62. The van der Waals surface area contributed by atoms with Gasteiger partial charge in [-0.1, -0.05) is 44.4 Å². The van der Waals surface area contributed by atoms with Crippen molar-refractivity contribution in [3.05, 3.63) is 78.4 Å². The number of piperidine rings is 1. The van der Waals surface area contributed by atoms with Crippen molar-refractivity contribution >= 4 is 17.1 Å². The Morgan fingerprint density at radius 2 is 1.45 bits per heavy atom. The van der Waals surface area contributed by atoms with Crippen LogP contribution in [0.2, 0.25) is 0 Å². The Morgan fingerprint density at radius 1 is 0.868 bits per heavy atom. The van der Waals surface area contributed by atoms with Crippen LogP contribution < -0.4 is 20.5 Å². The minimum Gasteiger partial charge on any atom is -0.497 e. The molecular formula is C33H47N3O2. The van der Waals surface area contributed by atoms with Crippen molar-refractivity contribution in [2.45, 2.75) is 52.9 Å². The highest BCUT2D eigenvalue weighted by Crippen LogP contribution is 2.23. The van der Waals surface area contributed by atoms with Crippen LogP contribution in [0.1, 0.15) is 51.5 Å². The van der Waals surface area contributed by atoms with Crippen LogP contribution in [0.25, 0.3) is 0 Å². The molecule has 0 bridgehead atoms. The van der Waals surface area contributed by atoms with Gasteiger partial charge < -0.3 is 25.4 Å². The molecule has 5 nitrogen and oxygen atoms in total. The van der Waals surface area contributed by atoms with Gasteiger partial charge in [0.2, 0.25) is 0 Å². The van der Waals surface area contributed by atoms with Crippen LogP contribution in [0.4, 0.5) is 17.1 Å². The maximum Gasteiger partial charge on any atom is 0.119 e. The molecule has 0 saturated carbocycles. The molecule has 206 valence electrons. The first-order valence-electron chi connectivity index (χ1n) is 14.2. The van der Waals surface area contributed by atoms with Crippen LogP contribution in [0.5, 0.6) is 11.5 Å². The molecule has 0 spiro atoms. The average molecular weight is 518 g/mol. The minimum absolute atomic E-state index is 0.726. The van der Waals surface area contributed by atoms with Crippen molar-refractivity contribution in [3.63, 3.8) is 0 Å². The van der Waals surface area contributed by atoms with Gasteiger partial charge in [0.1, 0.15) is 11.5 Å². The monoisotopic (exact) mass is 517 g/mol. The van der Waals surface area contributed by atoms with Crippen molar-refractivity contribution in [2.75, 3.05) is 44.4 Å². The first-order chi connectivity index (χ1) is 18.5. The Morgan fingerprint density at radius 3 is 2.00 bits per heavy atom. The number of nitrogens with zero attached hydrogens (tertiary/aromatic N) is 1. The molecule has 3 aromatic rings. The van der Waals surface area contributed by atoms with E-state index in [0.29, 0.717) is 0 Å². The first kappa shape index (κ1) is 29.4. The van der Waals surface area contributed by atoms with Crippen molar-refractivity contribution in [1.29, 1.82) is 0 Å². The summed E-state index contributed by atoms with van der Waals surface area (Å²) >= 11 is 0. The van der Waals surface area contributed by atoms with E-state index in [-0.39, 0.29) is 0 Å². The van der Waals surface area contributed by atoms with Crippen LogP contribution in [-0.2, 0) is 0 Å². The lowest BCUT2D eigenvalue weighted by Gasteiger charge is -2.34. The topological polar surface area (TPSA) is 59.8 Å². The lowest BCUT2D eigenvalue weighted by Crippen LogP contribution is -2.38. The third-order valence-corrected chi connectivity index (χ3v) is 7.29. The second-order valence-corrected chi connectivity index (χ2v) is 10.4. The van der Waals surface area contributed by atoms with E-state index < -0.39 is 0 Å². The summed E-state index contributed by atoms with van der Waals surface area (Å²) in [7, 11) is 1.66. The van der Waals surface area contributed by atoms with E-state index in [1.54, 1.807) is 7.11 Å². The fourth-order valence-electron chi connectivity index (χ4n) is 4.79. The quantitative estimate of drug-likeness (QED) is 0.253. The van der Waals surface area contributed by atoms with E-state index in [2.05, 4.69) is 55.3 Å². The van der Waals surface area contributed by atoms with Gasteiger partial charge in [0.15, 0.2) is 0 Å². The zero-order chi connectivity index (χ0) is 27.2. The Balaban J connectivity index is 0.000000221. The summed E-state index contributed by atoms with van der Waals surface area (Å²) in [4.78, 5) is 2.67. The van der Waals surface area contributed by atoms with Gasteiger partial charge in [-0.05, 0) is 112 Å². The number of anilines is 3. The fraction of sp³-hybridized carbons (Fsp3) is 0.455. The number of likely N-dealkylation sites (tertiary alicyclic amines) is 1. The van der Waals surface area contributed by atoms with Crippen molar-refractivity contribution in [2.24, 2.45) is 11.8 Å². The van der Waals surface area contributed by atoms with Crippen LogP contribution in [0.3, 0.4) is 0 Å². The minimum atomic E-state index is 0.726. The summed E-state index contributed by atoms with van der Waals surface area (Å²) in [6.07, 6.45) is 6.60. The van der Waals surface area contributed by atoms with E-state index in [1.165, 1.54) is 57.3 Å². The third kappa shape index (κ3) is 10.3. The highest BCUT2D eigenvalue weighted by atomic mass is 16.5. The molecular weight excluding hydrogens is 470 g/mol. The van der Waals surface area contributed by atoms with Gasteiger partial charge >= 0.3 is 0 Å². The highest BCUT2D eigenvalue weighted by Gasteiger charge is 2.21. The number of benzene rings is 3. The largest absolute Gasteiger partial charge is 0.497 e. The SMILES string of the molecule is CCCC(CC)CN1CCC(COc2ccc(C)cc2)CC1.COc1ccc(Nc2ccc(N)cc2)cc1. The molecule has 38 heavy (non-hydrogen) atoms. The van der Waals surface area contributed by atoms with Gasteiger partial charge in [-0.2, -0.15) is 0 Å². The summed E-state index contributed by atoms with van der Waals surface area (Å²) in [5, 5.41) is 3.27. The second-order valence-electron chi connectivity index (χ2n) is 10.4. The Kier molecular flexibility index (Phi) is 12.3. The van der Waals surface area contributed by atoms with Crippen LogP contribution in [0, 0.1) is 18.8 Å². The molecule has 5 heteroatoms. The van der Waals surface area contributed by atoms with E-state index in [9.17, 15) is 0 Å². The van der Waals surface area contributed by atoms with Crippen molar-refractivity contribution in [3.8, 4) is 11.5 Å². The Hall–Kier alpha value is -3.18. The average Bonchev–Trinajstić information content (AvgIpc) is 2.95. The number of aryl methyl sites for hydroxylation is 1. The number of hydrogen-bond donors (Lipinski definition) is 2. The zero-order valence-corrected chi connectivity index (χ0v) is 23.8. The standard InChI is InChI=1S/C20H33NO.C13H14N2O/c1-4-6-18(5-2)15-21-13-11-19(12-14-21)16-22-20-9-7-17(3)8-10-20;1-16-13-8-6-12(7-9-13)15-11-4-2-10(14)3-5-11/h7-10,18-19H,4-6,11-16H2,1-3H3;2-9,15H,14H2,1H3. The van der Waals surface area contributed by atoms with Gasteiger partial charge in [-0.25, -0.2) is 0 Å². The molecule has 1 aliphatic rings. The molecule has 1 fully saturated rings. The van der Waals surface area contributed by atoms with E-state index in [0.717, 1.165) is 47.0 Å². The number of hydrogen-bond acceptors (Lipinski definition) is 5. The maximum atomic E-state index is 5.96. The van der Waals surface area contributed by atoms with Crippen molar-refractivity contribution < 1.29 is 9.47 Å². The summed E-state index contributed by atoms with van der Waals surface area (Å²) in [6.45, 7) is 11.4. The van der Waals surface area contributed by atoms with E-state index in [1.807, 2.05) is 48.5 Å². The lowest BCUT2D eigenvalue weighted by molar-refractivity contribution is 0.124. The number of nitrogens with two attached hydrogens (primary N) is 1. The molecule has 1 heterocycles. The molecule has 3 N–H and O–H groups in total. The number of ether oxygens (including phenoxy) is 2. The number of nitrogens with one attached hydrogen (secondary N) is 1. The number of nitrogen functional groups attached to an aromatic ring is 1. The summed E-state index contributed by atoms with van der Waals surface area (Å²) in [5.74, 6) is 3.49. The number of methoxy groups -OCH3 is 1. The predicted octanol–water partition coefficient (Wildman–Crippen LogP) is 7.93. The van der Waals surface area contributed by atoms with Gasteiger partial charge in [0.25, 0.3) is 0 Å². The van der Waals surface area contributed by atoms with Gasteiger partial charge in [0, 0.05) is 23.6 Å². The molecule has 0 amide bonds.